The zero-order valence-corrected chi connectivity index (χ0v) is 10.8. The van der Waals surface area contributed by atoms with Crippen LogP contribution in [0.25, 0.3) is 0 Å². The van der Waals surface area contributed by atoms with Gasteiger partial charge in [-0.15, -0.1) is 0 Å². The highest BCUT2D eigenvalue weighted by Crippen LogP contribution is 2.17. The van der Waals surface area contributed by atoms with Gasteiger partial charge in [-0.3, -0.25) is 19.8 Å². The van der Waals surface area contributed by atoms with Crippen LogP contribution in [-0.2, 0) is 11.2 Å². The van der Waals surface area contributed by atoms with Crippen molar-refractivity contribution in [3.8, 4) is 0 Å². The molecular formula is C12H13F3N2O4. The highest BCUT2D eigenvalue weighted by Gasteiger charge is 2.31. The monoisotopic (exact) mass is 306 g/mol. The van der Waals surface area contributed by atoms with Crippen molar-refractivity contribution in [2.75, 3.05) is 19.6 Å². The Balaban J connectivity index is 2.63. The van der Waals surface area contributed by atoms with E-state index < -0.39 is 30.2 Å². The summed E-state index contributed by atoms with van der Waals surface area (Å²) in [5.74, 6) is -1.34. The van der Waals surface area contributed by atoms with E-state index in [0.717, 1.165) is 4.90 Å². The normalized spacial score (nSPS) is 11.6. The lowest BCUT2D eigenvalue weighted by molar-refractivity contribution is -0.384. The topological polar surface area (TPSA) is 83.7 Å². The lowest BCUT2D eigenvalue weighted by Gasteiger charge is -2.21. The van der Waals surface area contributed by atoms with E-state index in [0.29, 0.717) is 5.56 Å². The van der Waals surface area contributed by atoms with Crippen LogP contribution >= 0.6 is 0 Å². The Morgan fingerprint density at radius 3 is 2.29 bits per heavy atom. The molecule has 0 aromatic heterocycles. The van der Waals surface area contributed by atoms with Gasteiger partial charge in [-0.25, -0.2) is 0 Å². The quantitative estimate of drug-likeness (QED) is 0.616. The molecule has 0 aliphatic heterocycles. The molecule has 21 heavy (non-hydrogen) atoms. The van der Waals surface area contributed by atoms with Crippen LogP contribution < -0.4 is 0 Å². The van der Waals surface area contributed by atoms with Crippen LogP contribution in [0.5, 0.6) is 0 Å². The van der Waals surface area contributed by atoms with E-state index in [2.05, 4.69) is 0 Å². The second-order valence-electron chi connectivity index (χ2n) is 4.39. The van der Waals surface area contributed by atoms with Crippen LogP contribution in [0.3, 0.4) is 0 Å². The molecule has 6 nitrogen and oxygen atoms in total. The number of halogens is 3. The zero-order valence-electron chi connectivity index (χ0n) is 10.8. The van der Waals surface area contributed by atoms with Gasteiger partial charge in [0.2, 0.25) is 0 Å². The molecule has 0 heterocycles. The third kappa shape index (κ3) is 6.70. The first-order valence-electron chi connectivity index (χ1n) is 5.91. The second-order valence-corrected chi connectivity index (χ2v) is 4.39. The Bertz CT molecular complexity index is 502. The molecule has 0 aliphatic carbocycles. The summed E-state index contributed by atoms with van der Waals surface area (Å²) in [6, 6.07) is 5.37. The Labute approximate surface area is 117 Å². The maximum atomic E-state index is 12.3. The number of carbonyl (C=O) groups is 1. The van der Waals surface area contributed by atoms with Crippen LogP contribution in [0.1, 0.15) is 5.56 Å². The zero-order chi connectivity index (χ0) is 16.0. The fourth-order valence-electron chi connectivity index (χ4n) is 1.73. The molecule has 1 rings (SSSR count). The molecule has 9 heteroatoms. The number of nitrogens with zero attached hydrogens (tertiary/aromatic N) is 2. The number of alkyl halides is 3. The minimum absolute atomic E-state index is 0.108. The van der Waals surface area contributed by atoms with Crippen molar-refractivity contribution in [1.29, 1.82) is 0 Å². The van der Waals surface area contributed by atoms with Gasteiger partial charge in [0.05, 0.1) is 18.0 Å². The summed E-state index contributed by atoms with van der Waals surface area (Å²) in [4.78, 5) is 21.2. The van der Waals surface area contributed by atoms with Crippen molar-refractivity contribution in [3.05, 3.63) is 39.9 Å². The molecule has 0 unspecified atom stereocenters. The average molecular weight is 306 g/mol. The van der Waals surface area contributed by atoms with Crippen molar-refractivity contribution in [2.24, 2.45) is 0 Å². The van der Waals surface area contributed by atoms with E-state index in [1.165, 1.54) is 24.3 Å². The summed E-state index contributed by atoms with van der Waals surface area (Å²) < 4.78 is 36.9. The Kier molecular flexibility index (Phi) is 5.65. The summed E-state index contributed by atoms with van der Waals surface area (Å²) in [5.41, 5.74) is 0.481. The minimum atomic E-state index is -4.48. The molecule has 0 atom stereocenters. The lowest BCUT2D eigenvalue weighted by Crippen LogP contribution is -2.39. The number of carboxylic acid groups (broad SMARTS) is 1. The number of aliphatic carboxylic acids is 1. The van der Waals surface area contributed by atoms with Crippen molar-refractivity contribution >= 4 is 11.7 Å². The number of hydrogen-bond donors (Lipinski definition) is 1. The fraction of sp³-hybridized carbons (Fsp3) is 0.417. The molecule has 0 saturated heterocycles. The third-order valence-corrected chi connectivity index (χ3v) is 2.63. The molecule has 0 bridgehead atoms. The fourth-order valence-corrected chi connectivity index (χ4v) is 1.73. The molecule has 1 N–H and O–H groups in total. The molecule has 0 fully saturated rings. The molecule has 0 aliphatic rings. The number of benzene rings is 1. The second kappa shape index (κ2) is 7.02. The van der Waals surface area contributed by atoms with Gasteiger partial charge >= 0.3 is 12.1 Å². The Hall–Kier alpha value is -2.16. The first-order chi connectivity index (χ1) is 9.67. The number of rotatable bonds is 7. The van der Waals surface area contributed by atoms with Crippen molar-refractivity contribution in [1.82, 2.24) is 4.90 Å². The summed E-state index contributed by atoms with van der Waals surface area (Å²) in [6.07, 6.45) is -4.31. The largest absolute Gasteiger partial charge is 0.480 e. The van der Waals surface area contributed by atoms with Crippen molar-refractivity contribution in [2.45, 2.75) is 12.6 Å². The number of carboxylic acids is 1. The summed E-state index contributed by atoms with van der Waals surface area (Å²) in [6.45, 7) is -2.14. The van der Waals surface area contributed by atoms with Gasteiger partial charge in [-0.05, 0) is 12.0 Å². The summed E-state index contributed by atoms with van der Waals surface area (Å²) >= 11 is 0. The number of non-ortho nitro benzene ring substituents is 1. The predicted molar refractivity (Wildman–Crippen MR) is 66.9 cm³/mol. The van der Waals surface area contributed by atoms with Crippen LogP contribution in [0.15, 0.2) is 24.3 Å². The van der Waals surface area contributed by atoms with E-state index >= 15 is 0 Å². The van der Waals surface area contributed by atoms with Gasteiger partial charge in [0.1, 0.15) is 0 Å². The van der Waals surface area contributed by atoms with Crippen LogP contribution in [0.2, 0.25) is 0 Å². The average Bonchev–Trinajstić information content (AvgIpc) is 2.34. The van der Waals surface area contributed by atoms with Gasteiger partial charge in [0, 0.05) is 18.7 Å². The Morgan fingerprint density at radius 2 is 1.86 bits per heavy atom. The van der Waals surface area contributed by atoms with Crippen molar-refractivity contribution < 1.29 is 28.0 Å². The van der Waals surface area contributed by atoms with Gasteiger partial charge in [0.15, 0.2) is 0 Å². The van der Waals surface area contributed by atoms with Crippen LogP contribution in [0.4, 0.5) is 18.9 Å². The summed E-state index contributed by atoms with van der Waals surface area (Å²) in [7, 11) is 0. The molecule has 1 aromatic rings. The third-order valence-electron chi connectivity index (χ3n) is 2.63. The standard InChI is InChI=1S/C12H13F3N2O4/c13-12(14,15)8-16(7-11(18)19)6-5-9-1-3-10(4-2-9)17(20)21/h1-4H,5-8H2,(H,18,19). The minimum Gasteiger partial charge on any atom is -0.480 e. The first kappa shape index (κ1) is 16.9. The molecule has 0 radical (unpaired) electrons. The molecule has 116 valence electrons. The van der Waals surface area contributed by atoms with E-state index in [1.807, 2.05) is 0 Å². The number of nitro groups is 1. The highest BCUT2D eigenvalue weighted by atomic mass is 19.4. The molecule has 0 amide bonds. The highest BCUT2D eigenvalue weighted by molar-refractivity contribution is 5.69. The van der Waals surface area contributed by atoms with E-state index in [-0.39, 0.29) is 18.7 Å². The smallest absolute Gasteiger partial charge is 0.401 e. The van der Waals surface area contributed by atoms with Gasteiger partial charge in [0.25, 0.3) is 5.69 Å². The van der Waals surface area contributed by atoms with Gasteiger partial charge in [-0.2, -0.15) is 13.2 Å². The van der Waals surface area contributed by atoms with E-state index in [1.54, 1.807) is 0 Å². The van der Waals surface area contributed by atoms with E-state index in [9.17, 15) is 28.1 Å². The van der Waals surface area contributed by atoms with E-state index in [4.69, 9.17) is 5.11 Å². The molecular weight excluding hydrogens is 293 g/mol. The maximum Gasteiger partial charge on any atom is 0.401 e. The summed E-state index contributed by atoms with van der Waals surface area (Å²) in [5, 5.41) is 19.1. The van der Waals surface area contributed by atoms with Crippen molar-refractivity contribution in [3.63, 3.8) is 0 Å². The molecule has 0 saturated carbocycles. The lowest BCUT2D eigenvalue weighted by atomic mass is 10.1. The number of hydrogen-bond acceptors (Lipinski definition) is 4. The van der Waals surface area contributed by atoms with Crippen LogP contribution in [0, 0.1) is 10.1 Å². The SMILES string of the molecule is O=C(O)CN(CCc1ccc([N+](=O)[O-])cc1)CC(F)(F)F. The predicted octanol–water partition coefficient (Wildman–Crippen LogP) is 2.09. The molecule has 0 spiro atoms. The Morgan fingerprint density at radius 1 is 1.29 bits per heavy atom. The number of nitro benzene ring substituents is 1. The van der Waals surface area contributed by atoms with Gasteiger partial charge in [-0.1, -0.05) is 12.1 Å². The first-order valence-corrected chi connectivity index (χ1v) is 5.91. The molecule has 1 aromatic carbocycles. The van der Waals surface area contributed by atoms with Gasteiger partial charge < -0.3 is 5.11 Å². The van der Waals surface area contributed by atoms with Crippen LogP contribution in [-0.4, -0.2) is 46.7 Å². The maximum absolute atomic E-state index is 12.3.